The zero-order valence-corrected chi connectivity index (χ0v) is 16.1. The molecule has 0 N–H and O–H groups in total. The average molecular weight is 393 g/mol. The van der Waals surface area contributed by atoms with Gasteiger partial charge in [-0.05, 0) is 55.3 Å². The molecule has 2 aromatic rings. The number of thiophene rings is 1. The van der Waals surface area contributed by atoms with Crippen LogP contribution in [0.5, 0.6) is 0 Å². The first-order valence-corrected chi connectivity index (χ1v) is 10.7. The average Bonchev–Trinajstić information content (AvgIpc) is 3.17. The number of amidine groups is 1. The topological polar surface area (TPSA) is 66.8 Å². The van der Waals surface area contributed by atoms with Gasteiger partial charge in [-0.1, -0.05) is 23.8 Å². The number of amides is 1. The first-order chi connectivity index (χ1) is 11.9. The van der Waals surface area contributed by atoms with Crippen molar-refractivity contribution >= 4 is 50.3 Å². The maximum atomic E-state index is 12.5. The number of nitrogens with zero attached hydrogens (tertiary/aromatic N) is 2. The highest BCUT2D eigenvalue weighted by Crippen LogP contribution is 2.34. The Labute approximate surface area is 155 Å². The first-order valence-electron chi connectivity index (χ1n) is 7.57. The highest BCUT2D eigenvalue weighted by atomic mass is 32.2. The van der Waals surface area contributed by atoms with E-state index in [0.29, 0.717) is 11.4 Å². The van der Waals surface area contributed by atoms with Crippen LogP contribution >= 0.6 is 23.1 Å². The van der Waals surface area contributed by atoms with Crippen molar-refractivity contribution in [1.29, 1.82) is 0 Å². The zero-order valence-electron chi connectivity index (χ0n) is 13.7. The molecule has 1 fully saturated rings. The van der Waals surface area contributed by atoms with E-state index in [9.17, 15) is 13.2 Å². The van der Waals surface area contributed by atoms with Crippen molar-refractivity contribution in [3.05, 3.63) is 57.1 Å². The number of hydrogen-bond donors (Lipinski definition) is 0. The molecule has 25 heavy (non-hydrogen) atoms. The SMILES string of the molecule is CCN1C(=O)/C(=C\c2cccs2)SC1=NS(=O)(=O)c1ccc(C)cc1. The molecule has 1 amide bonds. The summed E-state index contributed by atoms with van der Waals surface area (Å²) in [7, 11) is -3.86. The summed E-state index contributed by atoms with van der Waals surface area (Å²) in [6.45, 7) is 4.03. The number of likely N-dealkylation sites (N-methyl/N-ethyl adjacent to an activating group) is 1. The van der Waals surface area contributed by atoms with E-state index in [-0.39, 0.29) is 16.0 Å². The number of hydrogen-bond acceptors (Lipinski definition) is 5. The summed E-state index contributed by atoms with van der Waals surface area (Å²) in [5, 5.41) is 2.11. The maximum absolute atomic E-state index is 12.5. The molecule has 1 aliphatic rings. The summed E-state index contributed by atoms with van der Waals surface area (Å²) in [6, 6.07) is 10.3. The molecule has 1 saturated heterocycles. The van der Waals surface area contributed by atoms with E-state index in [0.717, 1.165) is 22.2 Å². The Morgan fingerprint density at radius 2 is 1.92 bits per heavy atom. The fourth-order valence-corrected chi connectivity index (χ4v) is 5.19. The number of benzene rings is 1. The summed E-state index contributed by atoms with van der Waals surface area (Å²) in [6.07, 6.45) is 1.77. The summed E-state index contributed by atoms with van der Waals surface area (Å²) in [4.78, 5) is 15.4. The molecule has 0 aliphatic carbocycles. The van der Waals surface area contributed by atoms with Gasteiger partial charge < -0.3 is 0 Å². The van der Waals surface area contributed by atoms with Crippen molar-refractivity contribution < 1.29 is 13.2 Å². The van der Waals surface area contributed by atoms with Gasteiger partial charge in [0.05, 0.1) is 9.80 Å². The van der Waals surface area contributed by atoms with E-state index >= 15 is 0 Å². The standard InChI is InChI=1S/C17H16N2O3S3/c1-3-19-16(20)15(11-13-5-4-10-23-13)24-17(19)18-25(21,22)14-8-6-12(2)7-9-14/h4-11H,3H2,1-2H3/b15-11+,18-17?. The number of rotatable bonds is 4. The van der Waals surface area contributed by atoms with Gasteiger partial charge in [-0.3, -0.25) is 9.69 Å². The molecule has 8 heteroatoms. The molecule has 0 saturated carbocycles. The van der Waals surface area contributed by atoms with Crippen LogP contribution in [0.4, 0.5) is 0 Å². The molecule has 0 atom stereocenters. The predicted molar refractivity (Wildman–Crippen MR) is 103 cm³/mol. The number of thioether (sulfide) groups is 1. The third-order valence-electron chi connectivity index (χ3n) is 3.54. The van der Waals surface area contributed by atoms with E-state index in [2.05, 4.69) is 4.40 Å². The molecule has 2 heterocycles. The molecular formula is C17H16N2O3S3. The Kier molecular flexibility index (Phi) is 5.12. The number of carbonyl (C=O) groups is 1. The second-order valence-corrected chi connectivity index (χ2v) is 8.93. The molecule has 3 rings (SSSR count). The van der Waals surface area contributed by atoms with E-state index in [1.807, 2.05) is 24.4 Å². The molecule has 0 unspecified atom stereocenters. The van der Waals surface area contributed by atoms with E-state index in [1.165, 1.54) is 28.4 Å². The van der Waals surface area contributed by atoms with Gasteiger partial charge in [-0.2, -0.15) is 8.42 Å². The Morgan fingerprint density at radius 1 is 1.20 bits per heavy atom. The van der Waals surface area contributed by atoms with Crippen molar-refractivity contribution in [3.8, 4) is 0 Å². The summed E-state index contributed by atoms with van der Waals surface area (Å²) < 4.78 is 29.0. The molecule has 1 aromatic heterocycles. The Balaban J connectivity index is 1.96. The molecule has 0 radical (unpaired) electrons. The molecular weight excluding hydrogens is 376 g/mol. The van der Waals surface area contributed by atoms with Crippen LogP contribution in [0.1, 0.15) is 17.4 Å². The van der Waals surface area contributed by atoms with Crippen LogP contribution in [0.3, 0.4) is 0 Å². The third-order valence-corrected chi connectivity index (χ3v) is 6.76. The van der Waals surface area contributed by atoms with Crippen molar-refractivity contribution in [2.24, 2.45) is 4.40 Å². The molecule has 0 spiro atoms. The molecule has 0 bridgehead atoms. The first kappa shape index (κ1) is 17.9. The van der Waals surface area contributed by atoms with Crippen LogP contribution < -0.4 is 0 Å². The van der Waals surface area contributed by atoms with E-state index < -0.39 is 10.0 Å². The lowest BCUT2D eigenvalue weighted by atomic mass is 10.2. The minimum Gasteiger partial charge on any atom is -0.286 e. The van der Waals surface area contributed by atoms with Gasteiger partial charge in [0.25, 0.3) is 15.9 Å². The molecule has 1 aliphatic heterocycles. The van der Waals surface area contributed by atoms with Gasteiger partial charge in [0, 0.05) is 11.4 Å². The van der Waals surface area contributed by atoms with Gasteiger partial charge in [-0.25, -0.2) is 0 Å². The fourth-order valence-electron chi connectivity index (χ4n) is 2.22. The molecule has 5 nitrogen and oxygen atoms in total. The van der Waals surface area contributed by atoms with Crippen LogP contribution in [0.15, 0.2) is 56.0 Å². The Morgan fingerprint density at radius 3 is 2.52 bits per heavy atom. The minimum absolute atomic E-state index is 0.116. The second kappa shape index (κ2) is 7.15. The Bertz CT molecular complexity index is 944. The van der Waals surface area contributed by atoms with Gasteiger partial charge in [0.1, 0.15) is 0 Å². The van der Waals surface area contributed by atoms with Gasteiger partial charge in [-0.15, -0.1) is 15.7 Å². The number of aryl methyl sites for hydroxylation is 1. The van der Waals surface area contributed by atoms with Gasteiger partial charge >= 0.3 is 0 Å². The Hall–Kier alpha value is -1.90. The highest BCUT2D eigenvalue weighted by molar-refractivity contribution is 8.19. The quantitative estimate of drug-likeness (QED) is 0.744. The van der Waals surface area contributed by atoms with Crippen molar-refractivity contribution in [1.82, 2.24) is 4.90 Å². The minimum atomic E-state index is -3.86. The predicted octanol–water partition coefficient (Wildman–Crippen LogP) is 3.74. The lowest BCUT2D eigenvalue weighted by Gasteiger charge is -2.11. The highest BCUT2D eigenvalue weighted by Gasteiger charge is 2.34. The van der Waals surface area contributed by atoms with Crippen LogP contribution in [0.25, 0.3) is 6.08 Å². The van der Waals surface area contributed by atoms with Gasteiger partial charge in [0.2, 0.25) is 0 Å². The maximum Gasteiger partial charge on any atom is 0.284 e. The number of sulfonamides is 1. The van der Waals surface area contributed by atoms with Crippen LogP contribution in [-0.2, 0) is 14.8 Å². The smallest absolute Gasteiger partial charge is 0.284 e. The summed E-state index contributed by atoms with van der Waals surface area (Å²) in [5.41, 5.74) is 0.966. The monoisotopic (exact) mass is 392 g/mol. The lowest BCUT2D eigenvalue weighted by molar-refractivity contribution is -0.122. The van der Waals surface area contributed by atoms with Crippen LogP contribution in [0.2, 0.25) is 0 Å². The third kappa shape index (κ3) is 3.86. The summed E-state index contributed by atoms with van der Waals surface area (Å²) in [5.74, 6) is -0.223. The lowest BCUT2D eigenvalue weighted by Crippen LogP contribution is -2.29. The van der Waals surface area contributed by atoms with Crippen LogP contribution in [0, 0.1) is 6.92 Å². The van der Waals surface area contributed by atoms with Gasteiger partial charge in [0.15, 0.2) is 5.17 Å². The normalized spacial score (nSPS) is 18.5. The van der Waals surface area contributed by atoms with E-state index in [4.69, 9.17) is 0 Å². The molecule has 1 aromatic carbocycles. The van der Waals surface area contributed by atoms with Crippen molar-refractivity contribution in [2.45, 2.75) is 18.7 Å². The second-order valence-electron chi connectivity index (χ2n) is 5.34. The van der Waals surface area contributed by atoms with Crippen molar-refractivity contribution in [2.75, 3.05) is 6.54 Å². The van der Waals surface area contributed by atoms with Crippen molar-refractivity contribution in [3.63, 3.8) is 0 Å². The largest absolute Gasteiger partial charge is 0.286 e. The van der Waals surface area contributed by atoms with Crippen LogP contribution in [-0.4, -0.2) is 30.9 Å². The fraction of sp³-hybridized carbons (Fsp3) is 0.176. The molecule has 130 valence electrons. The summed E-state index contributed by atoms with van der Waals surface area (Å²) >= 11 is 2.60. The number of carbonyl (C=O) groups excluding carboxylic acids is 1. The van der Waals surface area contributed by atoms with E-state index in [1.54, 1.807) is 25.1 Å². The zero-order chi connectivity index (χ0) is 18.0.